The Labute approximate surface area is 125 Å². The van der Waals surface area contributed by atoms with Crippen LogP contribution in [0.5, 0.6) is 0 Å². The number of halogens is 1. The lowest BCUT2D eigenvalue weighted by Gasteiger charge is -2.22. The molecule has 1 N–H and O–H groups in total. The first-order valence-electron chi connectivity index (χ1n) is 7.72. The molecular formula is C15H24ClN3O. The van der Waals surface area contributed by atoms with Crippen molar-refractivity contribution in [3.05, 3.63) is 21.6 Å². The maximum atomic E-state index is 12.1. The van der Waals surface area contributed by atoms with E-state index in [4.69, 9.17) is 11.6 Å². The molecule has 1 saturated carbocycles. The molecule has 0 unspecified atom stereocenters. The van der Waals surface area contributed by atoms with E-state index in [0.717, 1.165) is 19.4 Å². The van der Waals surface area contributed by atoms with E-state index < -0.39 is 0 Å². The molecule has 5 heteroatoms. The predicted octanol–water partition coefficient (Wildman–Crippen LogP) is 3.69. The van der Waals surface area contributed by atoms with Crippen molar-refractivity contribution in [3.63, 3.8) is 0 Å². The van der Waals surface area contributed by atoms with Gasteiger partial charge in [0, 0.05) is 13.1 Å². The van der Waals surface area contributed by atoms with Crippen LogP contribution in [0.4, 0.5) is 5.69 Å². The van der Waals surface area contributed by atoms with E-state index in [1.165, 1.54) is 36.8 Å². The molecule has 1 aromatic heterocycles. The van der Waals surface area contributed by atoms with E-state index in [9.17, 15) is 4.79 Å². The lowest BCUT2D eigenvalue weighted by Crippen LogP contribution is -2.25. The van der Waals surface area contributed by atoms with Gasteiger partial charge in [-0.15, -0.1) is 0 Å². The Morgan fingerprint density at radius 2 is 2.15 bits per heavy atom. The molecule has 0 radical (unpaired) electrons. The average Bonchev–Trinajstić information content (AvgIpc) is 2.49. The number of aryl methyl sites for hydroxylation is 1. The minimum absolute atomic E-state index is 0.186. The number of unbranched alkanes of at least 4 members (excludes halogenated alkanes) is 1. The van der Waals surface area contributed by atoms with Gasteiger partial charge in [-0.05, 0) is 25.2 Å². The van der Waals surface area contributed by atoms with Gasteiger partial charge in [-0.1, -0.05) is 44.2 Å². The van der Waals surface area contributed by atoms with Crippen LogP contribution >= 0.6 is 11.6 Å². The minimum atomic E-state index is -0.186. The number of aromatic nitrogens is 2. The number of nitrogens with one attached hydrogen (secondary N) is 1. The molecule has 1 aliphatic rings. The van der Waals surface area contributed by atoms with E-state index in [0.29, 0.717) is 18.2 Å². The van der Waals surface area contributed by atoms with E-state index >= 15 is 0 Å². The average molecular weight is 298 g/mol. The van der Waals surface area contributed by atoms with Gasteiger partial charge in [-0.25, -0.2) is 4.68 Å². The highest BCUT2D eigenvalue weighted by Gasteiger charge is 2.15. The molecule has 0 saturated heterocycles. The van der Waals surface area contributed by atoms with Crippen LogP contribution in [0.15, 0.2) is 11.0 Å². The topological polar surface area (TPSA) is 46.9 Å². The van der Waals surface area contributed by atoms with Crippen molar-refractivity contribution >= 4 is 17.3 Å². The van der Waals surface area contributed by atoms with Gasteiger partial charge < -0.3 is 5.32 Å². The molecule has 0 atom stereocenters. The van der Waals surface area contributed by atoms with E-state index in [1.807, 2.05) is 0 Å². The second-order valence-electron chi connectivity index (χ2n) is 5.64. The summed E-state index contributed by atoms with van der Waals surface area (Å²) in [6.07, 6.45) is 10.2. The fourth-order valence-corrected chi connectivity index (χ4v) is 2.91. The minimum Gasteiger partial charge on any atom is -0.382 e. The summed E-state index contributed by atoms with van der Waals surface area (Å²) in [7, 11) is 0. The van der Waals surface area contributed by atoms with Gasteiger partial charge in [0.25, 0.3) is 5.56 Å². The van der Waals surface area contributed by atoms with Crippen LogP contribution < -0.4 is 10.9 Å². The van der Waals surface area contributed by atoms with Crippen molar-refractivity contribution in [2.75, 3.05) is 11.9 Å². The largest absolute Gasteiger partial charge is 0.382 e. The predicted molar refractivity (Wildman–Crippen MR) is 83.5 cm³/mol. The normalized spacial score (nSPS) is 16.3. The van der Waals surface area contributed by atoms with Gasteiger partial charge in [-0.2, -0.15) is 5.10 Å². The standard InChI is InChI=1S/C15H24ClN3O/c1-2-3-9-19-15(20)14(16)13(11-18-19)17-10-12-7-5-4-6-8-12/h11-12,17H,2-10H2,1H3. The van der Waals surface area contributed by atoms with E-state index in [-0.39, 0.29) is 10.6 Å². The fourth-order valence-electron chi connectivity index (χ4n) is 2.70. The van der Waals surface area contributed by atoms with Gasteiger partial charge in [-0.3, -0.25) is 4.79 Å². The number of rotatable bonds is 6. The maximum Gasteiger partial charge on any atom is 0.287 e. The number of nitrogens with zero attached hydrogens (tertiary/aromatic N) is 2. The summed E-state index contributed by atoms with van der Waals surface area (Å²) in [5, 5.41) is 7.77. The van der Waals surface area contributed by atoms with Crippen molar-refractivity contribution in [2.45, 2.75) is 58.4 Å². The monoisotopic (exact) mass is 297 g/mol. The van der Waals surface area contributed by atoms with Crippen molar-refractivity contribution in [2.24, 2.45) is 5.92 Å². The third kappa shape index (κ3) is 3.98. The van der Waals surface area contributed by atoms with Crippen molar-refractivity contribution in [1.82, 2.24) is 9.78 Å². The lowest BCUT2D eigenvalue weighted by atomic mass is 9.89. The molecule has 112 valence electrons. The van der Waals surface area contributed by atoms with Crippen LogP contribution in [0.25, 0.3) is 0 Å². The molecule has 1 aliphatic carbocycles. The summed E-state index contributed by atoms with van der Waals surface area (Å²) in [6, 6.07) is 0. The molecule has 4 nitrogen and oxygen atoms in total. The maximum absolute atomic E-state index is 12.1. The van der Waals surface area contributed by atoms with Crippen molar-refractivity contribution in [1.29, 1.82) is 0 Å². The summed E-state index contributed by atoms with van der Waals surface area (Å²) in [6.45, 7) is 3.62. The van der Waals surface area contributed by atoms with E-state index in [2.05, 4.69) is 17.3 Å². The van der Waals surface area contributed by atoms with Crippen LogP contribution in [-0.4, -0.2) is 16.3 Å². The number of hydrogen-bond acceptors (Lipinski definition) is 3. The Hall–Kier alpha value is -1.03. The Bertz CT molecular complexity index is 480. The first kappa shape index (κ1) is 15.4. The highest BCUT2D eigenvalue weighted by atomic mass is 35.5. The molecule has 0 bridgehead atoms. The summed E-state index contributed by atoms with van der Waals surface area (Å²) >= 11 is 6.16. The first-order chi connectivity index (χ1) is 9.72. The number of anilines is 1. The Morgan fingerprint density at radius 1 is 1.40 bits per heavy atom. The van der Waals surface area contributed by atoms with Crippen LogP contribution in [-0.2, 0) is 6.54 Å². The first-order valence-corrected chi connectivity index (χ1v) is 8.09. The number of hydrogen-bond donors (Lipinski definition) is 1. The Kier molecular flexibility index (Phi) is 5.89. The zero-order chi connectivity index (χ0) is 14.4. The molecule has 0 spiro atoms. The Morgan fingerprint density at radius 3 is 2.85 bits per heavy atom. The Balaban J connectivity index is 1.97. The van der Waals surface area contributed by atoms with Crippen LogP contribution in [0.3, 0.4) is 0 Å². The third-order valence-electron chi connectivity index (χ3n) is 4.01. The summed E-state index contributed by atoms with van der Waals surface area (Å²) < 4.78 is 1.46. The molecule has 0 aromatic carbocycles. The summed E-state index contributed by atoms with van der Waals surface area (Å²) in [5.41, 5.74) is 0.490. The quantitative estimate of drug-likeness (QED) is 0.871. The van der Waals surface area contributed by atoms with Gasteiger partial charge in [0.1, 0.15) is 5.02 Å². The molecule has 0 aliphatic heterocycles. The van der Waals surface area contributed by atoms with Gasteiger partial charge >= 0.3 is 0 Å². The van der Waals surface area contributed by atoms with Gasteiger partial charge in [0.15, 0.2) is 0 Å². The molecule has 1 fully saturated rings. The van der Waals surface area contributed by atoms with Gasteiger partial charge in [0.2, 0.25) is 0 Å². The van der Waals surface area contributed by atoms with Crippen LogP contribution in [0.1, 0.15) is 51.9 Å². The molecule has 1 heterocycles. The van der Waals surface area contributed by atoms with Crippen molar-refractivity contribution < 1.29 is 0 Å². The van der Waals surface area contributed by atoms with E-state index in [1.54, 1.807) is 6.20 Å². The van der Waals surface area contributed by atoms with Gasteiger partial charge in [0.05, 0.1) is 11.9 Å². The second-order valence-corrected chi connectivity index (χ2v) is 6.02. The zero-order valence-corrected chi connectivity index (χ0v) is 13.0. The lowest BCUT2D eigenvalue weighted by molar-refractivity contribution is 0.373. The zero-order valence-electron chi connectivity index (χ0n) is 12.2. The molecule has 0 amide bonds. The molecule has 20 heavy (non-hydrogen) atoms. The summed E-state index contributed by atoms with van der Waals surface area (Å²) in [4.78, 5) is 12.1. The highest BCUT2D eigenvalue weighted by Crippen LogP contribution is 2.24. The molecule has 1 aromatic rings. The smallest absolute Gasteiger partial charge is 0.287 e. The fraction of sp³-hybridized carbons (Fsp3) is 0.733. The molecule has 2 rings (SSSR count). The van der Waals surface area contributed by atoms with Crippen LogP contribution in [0, 0.1) is 5.92 Å². The second kappa shape index (κ2) is 7.67. The third-order valence-corrected chi connectivity index (χ3v) is 4.38. The van der Waals surface area contributed by atoms with Crippen molar-refractivity contribution in [3.8, 4) is 0 Å². The summed E-state index contributed by atoms with van der Waals surface area (Å²) in [5.74, 6) is 0.697. The highest BCUT2D eigenvalue weighted by molar-refractivity contribution is 6.32. The molecular weight excluding hydrogens is 274 g/mol. The van der Waals surface area contributed by atoms with Crippen LogP contribution in [0.2, 0.25) is 5.02 Å². The SMILES string of the molecule is CCCCn1ncc(NCC2CCCCC2)c(Cl)c1=O.